The standard InChI is InChI=1S/C13H14N2O5S/c16-12-4-2-10(13(17)14-12)15-21(18,19)9-1-3-11-8(7-9)5-6-20-11/h1,3,7,10,15H,2,4-6H2,(H,14,16,17). The van der Waals surface area contributed by atoms with E-state index in [0.717, 1.165) is 5.56 Å². The van der Waals surface area contributed by atoms with Gasteiger partial charge in [0.15, 0.2) is 0 Å². The van der Waals surface area contributed by atoms with E-state index >= 15 is 0 Å². The molecule has 0 aliphatic carbocycles. The van der Waals surface area contributed by atoms with Gasteiger partial charge in [0.05, 0.1) is 11.5 Å². The Bertz CT molecular complexity index is 713. The highest BCUT2D eigenvalue weighted by Crippen LogP contribution is 2.27. The van der Waals surface area contributed by atoms with Crippen molar-refractivity contribution < 1.29 is 22.7 Å². The zero-order chi connectivity index (χ0) is 15.0. The summed E-state index contributed by atoms with van der Waals surface area (Å²) in [6.07, 6.45) is 0.950. The van der Waals surface area contributed by atoms with Crippen LogP contribution >= 0.6 is 0 Å². The number of carbonyl (C=O) groups is 2. The minimum atomic E-state index is -3.81. The van der Waals surface area contributed by atoms with E-state index in [9.17, 15) is 18.0 Å². The second-order valence-corrected chi connectivity index (χ2v) is 6.71. The summed E-state index contributed by atoms with van der Waals surface area (Å²) in [5.74, 6) is -0.306. The molecule has 3 rings (SSSR count). The largest absolute Gasteiger partial charge is 0.493 e. The Morgan fingerprint density at radius 2 is 2.05 bits per heavy atom. The number of nitrogens with one attached hydrogen (secondary N) is 2. The van der Waals surface area contributed by atoms with Crippen molar-refractivity contribution in [3.63, 3.8) is 0 Å². The van der Waals surface area contributed by atoms with Gasteiger partial charge in [-0.15, -0.1) is 0 Å². The van der Waals surface area contributed by atoms with Crippen LogP contribution in [-0.4, -0.2) is 32.9 Å². The lowest BCUT2D eigenvalue weighted by Gasteiger charge is -2.21. The van der Waals surface area contributed by atoms with E-state index in [-0.39, 0.29) is 23.6 Å². The summed E-state index contributed by atoms with van der Waals surface area (Å²) in [4.78, 5) is 22.8. The van der Waals surface area contributed by atoms with Crippen LogP contribution in [0.1, 0.15) is 18.4 Å². The molecule has 1 saturated heterocycles. The molecule has 2 aliphatic heterocycles. The second-order valence-electron chi connectivity index (χ2n) is 4.99. The number of sulfonamides is 1. The third-order valence-electron chi connectivity index (χ3n) is 3.51. The van der Waals surface area contributed by atoms with Crippen LogP contribution in [0.5, 0.6) is 5.75 Å². The summed E-state index contributed by atoms with van der Waals surface area (Å²) in [5, 5.41) is 2.12. The van der Waals surface area contributed by atoms with Crippen molar-refractivity contribution >= 4 is 21.8 Å². The molecule has 112 valence electrons. The van der Waals surface area contributed by atoms with Gasteiger partial charge in [-0.1, -0.05) is 0 Å². The quantitative estimate of drug-likeness (QED) is 0.747. The number of ether oxygens (including phenoxy) is 1. The molecule has 21 heavy (non-hydrogen) atoms. The Morgan fingerprint density at radius 1 is 1.24 bits per heavy atom. The topological polar surface area (TPSA) is 102 Å². The molecule has 1 aromatic rings. The van der Waals surface area contributed by atoms with Gasteiger partial charge in [0.1, 0.15) is 11.8 Å². The predicted molar refractivity (Wildman–Crippen MR) is 72.1 cm³/mol. The SMILES string of the molecule is O=C1CCC(NS(=O)(=O)c2ccc3c(c2)CCO3)C(=O)N1. The second kappa shape index (κ2) is 5.12. The summed E-state index contributed by atoms with van der Waals surface area (Å²) in [6.45, 7) is 0.541. The van der Waals surface area contributed by atoms with Gasteiger partial charge >= 0.3 is 0 Å². The molecule has 0 spiro atoms. The summed E-state index contributed by atoms with van der Waals surface area (Å²) in [6, 6.07) is 3.69. The molecule has 0 saturated carbocycles. The Hall–Kier alpha value is -1.93. The molecular weight excluding hydrogens is 296 g/mol. The molecule has 2 aliphatic rings. The maximum absolute atomic E-state index is 12.3. The molecule has 1 aromatic carbocycles. The molecule has 0 radical (unpaired) electrons. The minimum Gasteiger partial charge on any atom is -0.493 e. The van der Waals surface area contributed by atoms with Crippen molar-refractivity contribution in [2.75, 3.05) is 6.61 Å². The predicted octanol–water partition coefficient (Wildman–Crippen LogP) is -0.295. The van der Waals surface area contributed by atoms with E-state index in [1.807, 2.05) is 0 Å². The van der Waals surface area contributed by atoms with Crippen molar-refractivity contribution in [1.29, 1.82) is 0 Å². The maximum Gasteiger partial charge on any atom is 0.244 e. The van der Waals surface area contributed by atoms with Crippen molar-refractivity contribution in [2.24, 2.45) is 0 Å². The van der Waals surface area contributed by atoms with E-state index in [4.69, 9.17) is 4.74 Å². The maximum atomic E-state index is 12.3. The fourth-order valence-electron chi connectivity index (χ4n) is 2.39. The average Bonchev–Trinajstić information content (AvgIpc) is 2.89. The summed E-state index contributed by atoms with van der Waals surface area (Å²) in [5.41, 5.74) is 0.834. The third kappa shape index (κ3) is 2.77. The van der Waals surface area contributed by atoms with E-state index in [2.05, 4.69) is 10.0 Å². The first-order valence-corrected chi connectivity index (χ1v) is 8.06. The molecule has 0 bridgehead atoms. The van der Waals surface area contributed by atoms with E-state index < -0.39 is 22.0 Å². The van der Waals surface area contributed by atoms with Crippen LogP contribution in [0, 0.1) is 0 Å². The van der Waals surface area contributed by atoms with Crippen LogP contribution in [0.2, 0.25) is 0 Å². The van der Waals surface area contributed by atoms with Crippen LogP contribution in [0.25, 0.3) is 0 Å². The lowest BCUT2D eigenvalue weighted by Crippen LogP contribution is -2.52. The zero-order valence-corrected chi connectivity index (χ0v) is 11.9. The smallest absolute Gasteiger partial charge is 0.244 e. The van der Waals surface area contributed by atoms with Gasteiger partial charge in [-0.3, -0.25) is 14.9 Å². The van der Waals surface area contributed by atoms with Gasteiger partial charge in [0.25, 0.3) is 0 Å². The zero-order valence-electron chi connectivity index (χ0n) is 11.1. The van der Waals surface area contributed by atoms with E-state index in [1.54, 1.807) is 12.1 Å². The number of rotatable bonds is 3. The first-order valence-electron chi connectivity index (χ1n) is 6.57. The van der Waals surface area contributed by atoms with Crippen molar-refractivity contribution in [2.45, 2.75) is 30.2 Å². The molecule has 7 nitrogen and oxygen atoms in total. The first-order chi connectivity index (χ1) is 9.95. The monoisotopic (exact) mass is 310 g/mol. The van der Waals surface area contributed by atoms with Gasteiger partial charge in [0.2, 0.25) is 21.8 Å². The number of carbonyl (C=O) groups excluding carboxylic acids is 2. The van der Waals surface area contributed by atoms with Crippen LogP contribution in [-0.2, 0) is 26.0 Å². The highest BCUT2D eigenvalue weighted by Gasteiger charge is 2.31. The van der Waals surface area contributed by atoms with Crippen molar-refractivity contribution in [3.8, 4) is 5.75 Å². The van der Waals surface area contributed by atoms with Crippen LogP contribution in [0.15, 0.2) is 23.1 Å². The van der Waals surface area contributed by atoms with Gasteiger partial charge in [-0.25, -0.2) is 8.42 Å². The van der Waals surface area contributed by atoms with Gasteiger partial charge in [-0.2, -0.15) is 4.72 Å². The van der Waals surface area contributed by atoms with Gasteiger partial charge < -0.3 is 4.74 Å². The molecule has 1 atom stereocenters. The number of amides is 2. The van der Waals surface area contributed by atoms with Crippen molar-refractivity contribution in [3.05, 3.63) is 23.8 Å². The summed E-state index contributed by atoms with van der Waals surface area (Å²) in [7, 11) is -3.81. The first kappa shape index (κ1) is 14.0. The molecule has 2 N–H and O–H groups in total. The van der Waals surface area contributed by atoms with Crippen LogP contribution < -0.4 is 14.8 Å². The molecule has 2 heterocycles. The Labute approximate surface area is 121 Å². The summed E-state index contributed by atoms with van der Waals surface area (Å²) >= 11 is 0. The molecule has 1 unspecified atom stereocenters. The number of piperidine rings is 1. The lowest BCUT2D eigenvalue weighted by atomic mass is 10.1. The minimum absolute atomic E-state index is 0.0939. The summed E-state index contributed by atoms with van der Waals surface area (Å²) < 4.78 is 32.3. The highest BCUT2D eigenvalue weighted by atomic mass is 32.2. The molecule has 1 fully saturated rings. The Balaban J connectivity index is 1.81. The number of benzene rings is 1. The van der Waals surface area contributed by atoms with Crippen LogP contribution in [0.4, 0.5) is 0 Å². The molecule has 0 aromatic heterocycles. The Kier molecular flexibility index (Phi) is 3.42. The third-order valence-corrected chi connectivity index (χ3v) is 4.98. The van der Waals surface area contributed by atoms with Crippen LogP contribution in [0.3, 0.4) is 0 Å². The van der Waals surface area contributed by atoms with Crippen molar-refractivity contribution in [1.82, 2.24) is 10.0 Å². The van der Waals surface area contributed by atoms with Gasteiger partial charge in [0, 0.05) is 12.8 Å². The normalized spacial score (nSPS) is 21.6. The Morgan fingerprint density at radius 3 is 2.81 bits per heavy atom. The average molecular weight is 310 g/mol. The number of hydrogen-bond acceptors (Lipinski definition) is 5. The molecular formula is C13H14N2O5S. The molecule has 8 heteroatoms. The fourth-order valence-corrected chi connectivity index (χ4v) is 3.67. The number of imide groups is 1. The number of fused-ring (bicyclic) bond motifs is 1. The molecule has 2 amide bonds. The van der Waals surface area contributed by atoms with Gasteiger partial charge in [-0.05, 0) is 30.2 Å². The number of hydrogen-bond donors (Lipinski definition) is 2. The van der Waals surface area contributed by atoms with E-state index in [0.29, 0.717) is 18.8 Å². The van der Waals surface area contributed by atoms with E-state index in [1.165, 1.54) is 6.07 Å². The highest BCUT2D eigenvalue weighted by molar-refractivity contribution is 7.89. The fraction of sp³-hybridized carbons (Fsp3) is 0.385. The lowest BCUT2D eigenvalue weighted by molar-refractivity contribution is -0.134.